The lowest BCUT2D eigenvalue weighted by Crippen LogP contribution is -1.90. The fourth-order valence-corrected chi connectivity index (χ4v) is 1.81. The zero-order valence-electron chi connectivity index (χ0n) is 10.6. The molecule has 0 saturated heterocycles. The maximum absolute atomic E-state index is 12.1. The van der Waals surface area contributed by atoms with Gasteiger partial charge in [-0.05, 0) is 35.7 Å². The lowest BCUT2D eigenvalue weighted by molar-refractivity contribution is 0.340. The molecule has 0 aliphatic heterocycles. The second kappa shape index (κ2) is 6.14. The van der Waals surface area contributed by atoms with Crippen molar-refractivity contribution in [3.05, 3.63) is 60.2 Å². The van der Waals surface area contributed by atoms with Crippen molar-refractivity contribution >= 4 is 6.08 Å². The van der Waals surface area contributed by atoms with Crippen molar-refractivity contribution in [2.75, 3.05) is 6.61 Å². The van der Waals surface area contributed by atoms with E-state index in [1.54, 1.807) is 12.1 Å². The molecule has 0 aliphatic carbocycles. The third kappa shape index (κ3) is 3.65. The van der Waals surface area contributed by atoms with Crippen LogP contribution in [0.2, 0.25) is 0 Å². The van der Waals surface area contributed by atoms with Gasteiger partial charge in [-0.1, -0.05) is 36.4 Å². The van der Waals surface area contributed by atoms with Gasteiger partial charge >= 0.3 is 0 Å². The summed E-state index contributed by atoms with van der Waals surface area (Å²) in [6, 6.07) is 14.7. The van der Waals surface area contributed by atoms with Crippen molar-refractivity contribution in [2.24, 2.45) is 0 Å². The zero-order chi connectivity index (χ0) is 13.7. The number of ether oxygens (including phenoxy) is 1. The van der Waals surface area contributed by atoms with Crippen LogP contribution in [0.5, 0.6) is 5.75 Å². The molecule has 2 aromatic rings. The van der Waals surface area contributed by atoms with Gasteiger partial charge in [0.2, 0.25) is 0 Å². The highest BCUT2D eigenvalue weighted by molar-refractivity contribution is 5.66. The predicted octanol–water partition coefficient (Wildman–Crippen LogP) is 4.99. The molecule has 0 unspecified atom stereocenters. The number of halogens is 2. The topological polar surface area (TPSA) is 9.23 Å². The van der Waals surface area contributed by atoms with Gasteiger partial charge in [0.05, 0.1) is 6.61 Å². The number of benzene rings is 2. The molecule has 3 heteroatoms. The second-order valence-electron chi connectivity index (χ2n) is 4.01. The van der Waals surface area contributed by atoms with Gasteiger partial charge in [-0.3, -0.25) is 0 Å². The van der Waals surface area contributed by atoms with Gasteiger partial charge in [-0.15, -0.1) is 0 Å². The Morgan fingerprint density at radius 1 is 0.947 bits per heavy atom. The molecule has 2 aromatic carbocycles. The van der Waals surface area contributed by atoms with Gasteiger partial charge in [0.1, 0.15) is 5.75 Å². The summed E-state index contributed by atoms with van der Waals surface area (Å²) in [6.07, 6.45) is -0.837. The standard InChI is InChI=1S/C16H14F2O/c1-2-19-15-9-7-14(8-10-15)13-5-3-12(4-6-13)11-16(17)18/h3-11H,2H2,1H3. The van der Waals surface area contributed by atoms with E-state index in [0.717, 1.165) is 23.0 Å². The molecule has 0 saturated carbocycles. The highest BCUT2D eigenvalue weighted by Crippen LogP contribution is 2.23. The molecular formula is C16H14F2O. The third-order valence-corrected chi connectivity index (χ3v) is 2.69. The van der Waals surface area contributed by atoms with Crippen LogP contribution >= 0.6 is 0 Å². The van der Waals surface area contributed by atoms with Crippen LogP contribution in [-0.2, 0) is 0 Å². The van der Waals surface area contributed by atoms with Crippen LogP contribution in [0.25, 0.3) is 17.2 Å². The van der Waals surface area contributed by atoms with Crippen molar-refractivity contribution in [3.8, 4) is 16.9 Å². The molecule has 0 aliphatic rings. The highest BCUT2D eigenvalue weighted by Gasteiger charge is 1.99. The first-order chi connectivity index (χ1) is 9.19. The van der Waals surface area contributed by atoms with Crippen molar-refractivity contribution in [1.82, 2.24) is 0 Å². The lowest BCUT2D eigenvalue weighted by Gasteiger charge is -2.05. The van der Waals surface area contributed by atoms with E-state index in [1.807, 2.05) is 43.3 Å². The van der Waals surface area contributed by atoms with E-state index in [1.165, 1.54) is 0 Å². The van der Waals surface area contributed by atoms with Crippen LogP contribution in [0.4, 0.5) is 8.78 Å². The van der Waals surface area contributed by atoms with Gasteiger partial charge < -0.3 is 4.74 Å². The summed E-state index contributed by atoms with van der Waals surface area (Å²) in [4.78, 5) is 0. The maximum atomic E-state index is 12.1. The summed E-state index contributed by atoms with van der Waals surface area (Å²) >= 11 is 0. The fourth-order valence-electron chi connectivity index (χ4n) is 1.81. The summed E-state index contributed by atoms with van der Waals surface area (Å²) in [7, 11) is 0. The second-order valence-corrected chi connectivity index (χ2v) is 4.01. The molecule has 2 rings (SSSR count). The highest BCUT2D eigenvalue weighted by atomic mass is 19.3. The molecule has 0 atom stereocenters. The molecule has 0 amide bonds. The van der Waals surface area contributed by atoms with Gasteiger partial charge in [0.25, 0.3) is 6.08 Å². The van der Waals surface area contributed by atoms with E-state index in [-0.39, 0.29) is 0 Å². The van der Waals surface area contributed by atoms with E-state index < -0.39 is 6.08 Å². The Morgan fingerprint density at radius 3 is 1.95 bits per heavy atom. The maximum Gasteiger partial charge on any atom is 0.270 e. The molecule has 0 heterocycles. The molecule has 1 nitrogen and oxygen atoms in total. The molecule has 0 spiro atoms. The Labute approximate surface area is 111 Å². The van der Waals surface area contributed by atoms with Crippen LogP contribution < -0.4 is 4.74 Å². The summed E-state index contributed by atoms with van der Waals surface area (Å²) < 4.78 is 29.6. The molecule has 0 N–H and O–H groups in total. The van der Waals surface area contributed by atoms with E-state index in [4.69, 9.17) is 4.74 Å². The van der Waals surface area contributed by atoms with E-state index in [9.17, 15) is 8.78 Å². The molecular weight excluding hydrogens is 246 g/mol. The van der Waals surface area contributed by atoms with E-state index in [2.05, 4.69) is 0 Å². The Hall–Kier alpha value is -2.16. The molecule has 0 fully saturated rings. The summed E-state index contributed by atoms with van der Waals surface area (Å²) in [5.41, 5.74) is 2.51. The van der Waals surface area contributed by atoms with Crippen molar-refractivity contribution in [2.45, 2.75) is 6.92 Å². The Balaban J connectivity index is 2.19. The summed E-state index contributed by atoms with van der Waals surface area (Å²) in [5, 5.41) is 0. The van der Waals surface area contributed by atoms with Gasteiger partial charge in [0.15, 0.2) is 0 Å². The Bertz CT molecular complexity index is 552. The Kier molecular flexibility index (Phi) is 4.29. The van der Waals surface area contributed by atoms with E-state index in [0.29, 0.717) is 12.2 Å². The van der Waals surface area contributed by atoms with Crippen LogP contribution in [0, 0.1) is 0 Å². The van der Waals surface area contributed by atoms with Gasteiger partial charge in [0, 0.05) is 6.08 Å². The van der Waals surface area contributed by atoms with Crippen LogP contribution in [0.1, 0.15) is 12.5 Å². The smallest absolute Gasteiger partial charge is 0.270 e. The van der Waals surface area contributed by atoms with Gasteiger partial charge in [-0.25, -0.2) is 0 Å². The quantitative estimate of drug-likeness (QED) is 0.752. The molecule has 0 radical (unpaired) electrons. The molecule has 0 bridgehead atoms. The van der Waals surface area contributed by atoms with Crippen LogP contribution in [-0.4, -0.2) is 6.61 Å². The minimum Gasteiger partial charge on any atom is -0.494 e. The minimum absolute atomic E-state index is 0.495. The fraction of sp³-hybridized carbons (Fsp3) is 0.125. The first-order valence-electron chi connectivity index (χ1n) is 6.05. The third-order valence-electron chi connectivity index (χ3n) is 2.69. The first-order valence-corrected chi connectivity index (χ1v) is 6.05. The monoisotopic (exact) mass is 260 g/mol. The zero-order valence-corrected chi connectivity index (χ0v) is 10.6. The predicted molar refractivity (Wildman–Crippen MR) is 73.2 cm³/mol. The first kappa shape index (κ1) is 13.3. The molecule has 98 valence electrons. The van der Waals surface area contributed by atoms with E-state index >= 15 is 0 Å². The van der Waals surface area contributed by atoms with Crippen molar-refractivity contribution in [1.29, 1.82) is 0 Å². The average molecular weight is 260 g/mol. The van der Waals surface area contributed by atoms with Gasteiger partial charge in [-0.2, -0.15) is 8.78 Å². The largest absolute Gasteiger partial charge is 0.494 e. The summed E-state index contributed by atoms with van der Waals surface area (Å²) in [6.45, 7) is 2.57. The SMILES string of the molecule is CCOc1ccc(-c2ccc(C=C(F)F)cc2)cc1. The number of rotatable bonds is 4. The molecule has 0 aromatic heterocycles. The van der Waals surface area contributed by atoms with Crippen LogP contribution in [0.15, 0.2) is 54.6 Å². The van der Waals surface area contributed by atoms with Crippen molar-refractivity contribution < 1.29 is 13.5 Å². The minimum atomic E-state index is -1.69. The van der Waals surface area contributed by atoms with Crippen molar-refractivity contribution in [3.63, 3.8) is 0 Å². The summed E-state index contributed by atoms with van der Waals surface area (Å²) in [5.74, 6) is 0.824. The number of hydrogen-bond acceptors (Lipinski definition) is 1. The molecule has 19 heavy (non-hydrogen) atoms. The normalized spacial score (nSPS) is 10.1. The Morgan fingerprint density at radius 2 is 1.47 bits per heavy atom. The van der Waals surface area contributed by atoms with Crippen LogP contribution in [0.3, 0.4) is 0 Å². The number of hydrogen-bond donors (Lipinski definition) is 0. The lowest BCUT2D eigenvalue weighted by atomic mass is 10.0. The average Bonchev–Trinajstić information content (AvgIpc) is 2.40.